The zero-order chi connectivity index (χ0) is 22.2. The summed E-state index contributed by atoms with van der Waals surface area (Å²) in [5, 5.41) is 3.01. The van der Waals surface area contributed by atoms with E-state index in [0.29, 0.717) is 29.6 Å². The first kappa shape index (κ1) is 21.7. The van der Waals surface area contributed by atoms with Gasteiger partial charge in [-0.05, 0) is 64.3 Å². The molecule has 3 aliphatic heterocycles. The molecular weight excluding hydrogens is 394 g/mol. The van der Waals surface area contributed by atoms with E-state index in [0.717, 1.165) is 25.1 Å². The maximum Gasteiger partial charge on any atom is 0.232 e. The van der Waals surface area contributed by atoms with Crippen molar-refractivity contribution >= 4 is 18.0 Å². The van der Waals surface area contributed by atoms with Crippen molar-refractivity contribution in [3.63, 3.8) is 0 Å². The third-order valence-electron chi connectivity index (χ3n) is 6.76. The highest BCUT2D eigenvalue weighted by Crippen LogP contribution is 2.48. The molecule has 3 aliphatic rings. The fourth-order valence-corrected chi connectivity index (χ4v) is 4.79. The second-order valence-electron chi connectivity index (χ2n) is 9.53. The lowest BCUT2D eigenvalue weighted by atomic mass is 9.91. The van der Waals surface area contributed by atoms with Gasteiger partial charge < -0.3 is 19.7 Å². The van der Waals surface area contributed by atoms with Crippen molar-refractivity contribution in [1.29, 1.82) is 0 Å². The molecule has 1 saturated heterocycles. The fraction of sp³-hybridized carbons (Fsp3) is 0.583. The third-order valence-corrected chi connectivity index (χ3v) is 6.76. The van der Waals surface area contributed by atoms with Crippen molar-refractivity contribution in [3.05, 3.63) is 30.0 Å². The highest BCUT2D eigenvalue weighted by Gasteiger charge is 2.38. The van der Waals surface area contributed by atoms with Crippen LogP contribution in [-0.4, -0.2) is 59.9 Å². The summed E-state index contributed by atoms with van der Waals surface area (Å²) in [6, 6.07) is 4.27. The van der Waals surface area contributed by atoms with Gasteiger partial charge in [-0.25, -0.2) is 0 Å². The molecule has 31 heavy (non-hydrogen) atoms. The molecule has 3 heterocycles. The van der Waals surface area contributed by atoms with Gasteiger partial charge in [-0.15, -0.1) is 0 Å². The van der Waals surface area contributed by atoms with E-state index in [1.807, 2.05) is 32.1 Å². The number of fused-ring (bicyclic) bond motifs is 3. The van der Waals surface area contributed by atoms with Gasteiger partial charge in [0.25, 0.3) is 0 Å². The van der Waals surface area contributed by atoms with Gasteiger partial charge in [-0.1, -0.05) is 12.5 Å². The van der Waals surface area contributed by atoms with Crippen molar-refractivity contribution in [3.8, 4) is 11.5 Å². The van der Waals surface area contributed by atoms with Crippen molar-refractivity contribution in [2.75, 3.05) is 25.5 Å². The van der Waals surface area contributed by atoms with Crippen LogP contribution in [-0.2, 0) is 9.59 Å². The van der Waals surface area contributed by atoms with Crippen molar-refractivity contribution in [2.24, 2.45) is 0 Å². The SMILES string of the molecule is CC1CCCCN1CC(CC1C(=O)Nc2c1ccc1c2OC=CC(C)(C)O1)N(C)C=O. The average molecular weight is 428 g/mol. The number of nitrogens with zero attached hydrogens (tertiary/aromatic N) is 2. The Balaban J connectivity index is 1.59. The number of ether oxygens (including phenoxy) is 2. The van der Waals surface area contributed by atoms with E-state index in [1.54, 1.807) is 18.2 Å². The Hall–Kier alpha value is -2.54. The number of nitrogens with one attached hydrogen (secondary N) is 1. The number of amides is 2. The zero-order valence-corrected chi connectivity index (χ0v) is 18.9. The molecule has 0 saturated carbocycles. The topological polar surface area (TPSA) is 71.1 Å². The van der Waals surface area contributed by atoms with Gasteiger partial charge in [0, 0.05) is 25.7 Å². The fourth-order valence-electron chi connectivity index (χ4n) is 4.79. The van der Waals surface area contributed by atoms with Crippen molar-refractivity contribution in [1.82, 2.24) is 9.80 Å². The maximum atomic E-state index is 13.0. The Labute approximate surface area is 184 Å². The van der Waals surface area contributed by atoms with Gasteiger partial charge in [0.2, 0.25) is 12.3 Å². The normalized spacial score (nSPS) is 25.4. The number of anilines is 1. The van der Waals surface area contributed by atoms with Crippen molar-refractivity contribution < 1.29 is 19.1 Å². The number of rotatable bonds is 6. The van der Waals surface area contributed by atoms with Crippen LogP contribution in [0.1, 0.15) is 57.9 Å². The number of hydrogen-bond acceptors (Lipinski definition) is 5. The monoisotopic (exact) mass is 427 g/mol. The lowest BCUT2D eigenvalue weighted by Crippen LogP contribution is -2.47. The first-order chi connectivity index (χ1) is 14.8. The van der Waals surface area contributed by atoms with Crippen molar-refractivity contribution in [2.45, 2.75) is 70.1 Å². The molecule has 168 valence electrons. The summed E-state index contributed by atoms with van der Waals surface area (Å²) < 4.78 is 11.9. The van der Waals surface area contributed by atoms with E-state index < -0.39 is 5.60 Å². The van der Waals surface area contributed by atoms with Crippen LogP contribution in [0.5, 0.6) is 11.5 Å². The van der Waals surface area contributed by atoms with Gasteiger partial charge in [-0.3, -0.25) is 14.5 Å². The molecular formula is C24H33N3O4. The van der Waals surface area contributed by atoms with E-state index in [4.69, 9.17) is 9.47 Å². The molecule has 1 aromatic rings. The number of piperidine rings is 1. The quantitative estimate of drug-likeness (QED) is 0.704. The largest absolute Gasteiger partial charge is 0.480 e. The molecule has 0 aromatic heterocycles. The van der Waals surface area contributed by atoms with E-state index in [-0.39, 0.29) is 17.9 Å². The number of carbonyl (C=O) groups excluding carboxylic acids is 2. The Kier molecular flexibility index (Phi) is 5.97. The summed E-state index contributed by atoms with van der Waals surface area (Å²) in [6.07, 6.45) is 8.52. The predicted octanol–water partition coefficient (Wildman–Crippen LogP) is 3.51. The maximum absolute atomic E-state index is 13.0. The van der Waals surface area contributed by atoms with Crippen LogP contribution < -0.4 is 14.8 Å². The molecule has 0 bridgehead atoms. The lowest BCUT2D eigenvalue weighted by Gasteiger charge is -2.38. The standard InChI is InChI=1S/C24H33N3O4/c1-16-7-5-6-11-27(16)14-17(26(4)15-28)13-19-18-8-9-20-22(21(18)25-23(19)29)30-12-10-24(2,3)31-20/h8-10,12,15-17,19H,5-7,11,13-14H2,1-4H3,(H,25,29). The molecule has 7 nitrogen and oxygen atoms in total. The minimum absolute atomic E-state index is 0.0467. The molecule has 3 atom stereocenters. The van der Waals surface area contributed by atoms with Gasteiger partial charge in [0.15, 0.2) is 11.5 Å². The Morgan fingerprint density at radius 2 is 2.16 bits per heavy atom. The van der Waals surface area contributed by atoms with E-state index in [2.05, 4.69) is 17.1 Å². The van der Waals surface area contributed by atoms with Crippen LogP contribution in [0.25, 0.3) is 0 Å². The van der Waals surface area contributed by atoms with E-state index in [9.17, 15) is 9.59 Å². The summed E-state index contributed by atoms with van der Waals surface area (Å²) in [7, 11) is 1.81. The van der Waals surface area contributed by atoms with Crippen LogP contribution in [0.3, 0.4) is 0 Å². The second-order valence-corrected chi connectivity index (χ2v) is 9.53. The molecule has 0 radical (unpaired) electrons. The smallest absolute Gasteiger partial charge is 0.232 e. The third kappa shape index (κ3) is 4.42. The first-order valence-corrected chi connectivity index (χ1v) is 11.2. The predicted molar refractivity (Wildman–Crippen MR) is 119 cm³/mol. The zero-order valence-electron chi connectivity index (χ0n) is 18.9. The molecule has 1 aromatic carbocycles. The second kappa shape index (κ2) is 8.54. The summed E-state index contributed by atoms with van der Waals surface area (Å²) in [4.78, 5) is 28.8. The van der Waals surface area contributed by atoms with Gasteiger partial charge in [-0.2, -0.15) is 0 Å². The molecule has 0 spiro atoms. The average Bonchev–Trinajstić information content (AvgIpc) is 2.94. The van der Waals surface area contributed by atoms with Crippen LogP contribution in [0.4, 0.5) is 5.69 Å². The Morgan fingerprint density at radius 1 is 1.35 bits per heavy atom. The molecule has 7 heteroatoms. The number of benzene rings is 1. The van der Waals surface area contributed by atoms with E-state index >= 15 is 0 Å². The number of likely N-dealkylation sites (tertiary alicyclic amines) is 1. The molecule has 4 rings (SSSR count). The van der Waals surface area contributed by atoms with Crippen LogP contribution in [0.2, 0.25) is 0 Å². The van der Waals surface area contributed by atoms with Crippen LogP contribution >= 0.6 is 0 Å². The minimum Gasteiger partial charge on any atom is -0.480 e. The van der Waals surface area contributed by atoms with E-state index in [1.165, 1.54) is 19.3 Å². The molecule has 2 amide bonds. The molecule has 1 N–H and O–H groups in total. The highest BCUT2D eigenvalue weighted by atomic mass is 16.5. The summed E-state index contributed by atoms with van der Waals surface area (Å²) in [5.74, 6) is 0.755. The summed E-state index contributed by atoms with van der Waals surface area (Å²) in [5.41, 5.74) is 1.08. The van der Waals surface area contributed by atoms with Crippen LogP contribution in [0, 0.1) is 0 Å². The minimum atomic E-state index is -0.496. The number of carbonyl (C=O) groups is 2. The van der Waals surface area contributed by atoms with Crippen LogP contribution in [0.15, 0.2) is 24.5 Å². The number of likely N-dealkylation sites (N-methyl/N-ethyl adjacent to an activating group) is 1. The van der Waals surface area contributed by atoms with Gasteiger partial charge in [0.05, 0.1) is 17.9 Å². The highest BCUT2D eigenvalue weighted by molar-refractivity contribution is 6.05. The summed E-state index contributed by atoms with van der Waals surface area (Å²) >= 11 is 0. The lowest BCUT2D eigenvalue weighted by molar-refractivity contribution is -0.121. The molecule has 3 unspecified atom stereocenters. The Morgan fingerprint density at radius 3 is 2.90 bits per heavy atom. The van der Waals surface area contributed by atoms with Gasteiger partial charge in [0.1, 0.15) is 5.60 Å². The Bertz CT molecular complexity index is 882. The molecule has 0 aliphatic carbocycles. The number of hydrogen-bond donors (Lipinski definition) is 1. The molecule has 1 fully saturated rings. The summed E-state index contributed by atoms with van der Waals surface area (Å²) in [6.45, 7) is 7.97. The first-order valence-electron chi connectivity index (χ1n) is 11.2. The van der Waals surface area contributed by atoms with Gasteiger partial charge >= 0.3 is 0 Å².